The van der Waals surface area contributed by atoms with Crippen molar-refractivity contribution in [1.29, 1.82) is 0 Å². The Hall–Kier alpha value is -4.50. The molecule has 1 aliphatic rings. The van der Waals surface area contributed by atoms with Crippen LogP contribution in [0.15, 0.2) is 133 Å². The van der Waals surface area contributed by atoms with E-state index in [4.69, 9.17) is 4.99 Å². The zero-order chi connectivity index (χ0) is 22.5. The lowest BCUT2D eigenvalue weighted by Gasteiger charge is -2.11. The normalized spacial score (nSPS) is 14.9. The van der Waals surface area contributed by atoms with Crippen LogP contribution < -0.4 is 9.73 Å². The minimum Gasteiger partial charge on any atom is -0.309 e. The zero-order valence-corrected chi connectivity index (χ0v) is 18.5. The lowest BCUT2D eigenvalue weighted by atomic mass is 9.97. The van der Waals surface area contributed by atoms with Gasteiger partial charge in [0.25, 0.3) is 0 Å². The van der Waals surface area contributed by atoms with E-state index in [-0.39, 0.29) is 6.04 Å². The molecule has 0 saturated heterocycles. The van der Waals surface area contributed by atoms with Gasteiger partial charge in [-0.05, 0) is 30.3 Å². The fourth-order valence-electron chi connectivity index (χ4n) is 5.24. The number of nitrogens with zero attached hydrogens (tertiary/aromatic N) is 3. The van der Waals surface area contributed by atoms with Crippen LogP contribution in [0, 0.1) is 5.71 Å². The number of fused-ring (bicyclic) bond motifs is 4. The summed E-state index contributed by atoms with van der Waals surface area (Å²) in [5, 5.41) is 2.54. The van der Waals surface area contributed by atoms with Crippen LogP contribution in [-0.2, 0) is 0 Å². The second kappa shape index (κ2) is 7.53. The SMILES string of the molecule is c1ccc(C2N=c3cccc[n+]3=C2c2cccc(-n3c4ccccc4c4ccccc43)c2)cc1. The predicted octanol–water partition coefficient (Wildman–Crippen LogP) is 5.87. The van der Waals surface area contributed by atoms with E-state index in [2.05, 4.69) is 136 Å². The van der Waals surface area contributed by atoms with Gasteiger partial charge in [0.15, 0.2) is 5.71 Å². The molecule has 1 unspecified atom stereocenters. The molecule has 0 bridgehead atoms. The molecular weight excluding hydrogens is 414 g/mol. The number of hydrogen-bond donors (Lipinski definition) is 0. The Balaban J connectivity index is 1.49. The van der Waals surface area contributed by atoms with Gasteiger partial charge in [-0.25, -0.2) is 0 Å². The van der Waals surface area contributed by atoms with Gasteiger partial charge in [0.1, 0.15) is 0 Å². The van der Waals surface area contributed by atoms with Crippen molar-refractivity contribution < 1.29 is 4.24 Å². The van der Waals surface area contributed by atoms with Crippen LogP contribution in [0.1, 0.15) is 17.2 Å². The monoisotopic (exact) mass is 436 g/mol. The fraction of sp³-hybridized carbons (Fsp3) is 0.0323. The Morgan fingerprint density at radius 3 is 2.06 bits per heavy atom. The summed E-state index contributed by atoms with van der Waals surface area (Å²) in [6.07, 6.45) is 2.12. The summed E-state index contributed by atoms with van der Waals surface area (Å²) >= 11 is 0. The van der Waals surface area contributed by atoms with Gasteiger partial charge in [0.2, 0.25) is 6.04 Å². The first-order valence-corrected chi connectivity index (χ1v) is 11.6. The van der Waals surface area contributed by atoms with Crippen molar-refractivity contribution in [3.8, 4) is 5.69 Å². The lowest BCUT2D eigenvalue weighted by molar-refractivity contribution is -0.533. The average molecular weight is 437 g/mol. The topological polar surface area (TPSA) is 23.2 Å². The van der Waals surface area contributed by atoms with E-state index in [1.807, 2.05) is 0 Å². The molecule has 1 aliphatic heterocycles. The van der Waals surface area contributed by atoms with E-state index in [1.54, 1.807) is 0 Å². The van der Waals surface area contributed by atoms with Crippen molar-refractivity contribution in [2.45, 2.75) is 6.04 Å². The second-order valence-electron chi connectivity index (χ2n) is 8.68. The molecule has 3 nitrogen and oxygen atoms in total. The van der Waals surface area contributed by atoms with Gasteiger partial charge < -0.3 is 4.57 Å². The fourth-order valence-corrected chi connectivity index (χ4v) is 5.24. The highest BCUT2D eigenvalue weighted by atomic mass is 15.0. The van der Waals surface area contributed by atoms with Gasteiger partial charge in [-0.2, -0.15) is 4.24 Å². The third-order valence-electron chi connectivity index (χ3n) is 6.71. The lowest BCUT2D eigenvalue weighted by Crippen LogP contribution is -2.36. The molecule has 160 valence electrons. The van der Waals surface area contributed by atoms with E-state index in [0.717, 1.165) is 11.2 Å². The van der Waals surface area contributed by atoms with E-state index in [0.29, 0.717) is 0 Å². The minimum absolute atomic E-state index is 0.0444. The Bertz CT molecular complexity index is 1760. The highest BCUT2D eigenvalue weighted by molar-refractivity contribution is 6.09. The molecule has 34 heavy (non-hydrogen) atoms. The Morgan fingerprint density at radius 2 is 1.29 bits per heavy atom. The molecule has 0 fully saturated rings. The van der Waals surface area contributed by atoms with Gasteiger partial charge in [-0.15, -0.1) is 0 Å². The molecule has 0 N–H and O–H groups in total. The largest absolute Gasteiger partial charge is 0.323 e. The number of hydrogen-bond acceptors (Lipinski definition) is 1. The Kier molecular flexibility index (Phi) is 4.21. The number of para-hydroxylation sites is 2. The number of aromatic nitrogens is 2. The molecule has 3 heterocycles. The van der Waals surface area contributed by atoms with Gasteiger partial charge in [-0.1, -0.05) is 89.9 Å². The summed E-state index contributed by atoms with van der Waals surface area (Å²) in [4.78, 5) is 5.09. The van der Waals surface area contributed by atoms with Gasteiger partial charge >= 0.3 is 5.49 Å². The van der Waals surface area contributed by atoms with Crippen molar-refractivity contribution in [1.82, 2.24) is 4.57 Å². The predicted molar refractivity (Wildman–Crippen MR) is 135 cm³/mol. The van der Waals surface area contributed by atoms with Gasteiger partial charge in [0.05, 0.1) is 17.2 Å². The molecule has 0 amide bonds. The van der Waals surface area contributed by atoms with Crippen LogP contribution in [0.5, 0.6) is 0 Å². The van der Waals surface area contributed by atoms with Crippen LogP contribution in [-0.4, -0.2) is 4.57 Å². The summed E-state index contributed by atoms with van der Waals surface area (Å²) in [6, 6.07) is 42.9. The van der Waals surface area contributed by atoms with Crippen molar-refractivity contribution in [2.75, 3.05) is 0 Å². The first-order valence-electron chi connectivity index (χ1n) is 11.6. The van der Waals surface area contributed by atoms with Gasteiger partial charge in [0, 0.05) is 33.7 Å². The maximum absolute atomic E-state index is 5.09. The van der Waals surface area contributed by atoms with Gasteiger partial charge in [-0.3, -0.25) is 0 Å². The van der Waals surface area contributed by atoms with Crippen LogP contribution >= 0.6 is 0 Å². The van der Waals surface area contributed by atoms with Crippen LogP contribution in [0.3, 0.4) is 0 Å². The Labute approximate surface area is 197 Å². The molecule has 0 saturated carbocycles. The summed E-state index contributed by atoms with van der Waals surface area (Å²) < 4.78 is 4.59. The van der Waals surface area contributed by atoms with E-state index in [1.165, 1.54) is 38.6 Å². The molecule has 7 rings (SSSR count). The molecule has 0 aliphatic carbocycles. The molecule has 0 spiro atoms. The number of rotatable bonds is 3. The Morgan fingerprint density at radius 1 is 0.618 bits per heavy atom. The minimum atomic E-state index is -0.0444. The molecule has 2 aromatic heterocycles. The molecule has 3 heteroatoms. The highest BCUT2D eigenvalue weighted by Gasteiger charge is 2.32. The van der Waals surface area contributed by atoms with Crippen molar-refractivity contribution in [3.05, 3.63) is 150 Å². The molecule has 0 radical (unpaired) electrons. The van der Waals surface area contributed by atoms with Crippen molar-refractivity contribution in [3.63, 3.8) is 0 Å². The zero-order valence-electron chi connectivity index (χ0n) is 18.5. The molecule has 1 atom stereocenters. The number of pyridine rings is 1. The summed E-state index contributed by atoms with van der Waals surface area (Å²) in [5.41, 5.74) is 8.12. The van der Waals surface area contributed by atoms with Crippen molar-refractivity contribution >= 4 is 21.8 Å². The molecule has 6 aromatic rings. The third kappa shape index (κ3) is 2.84. The second-order valence-corrected chi connectivity index (χ2v) is 8.68. The van der Waals surface area contributed by atoms with E-state index in [9.17, 15) is 0 Å². The van der Waals surface area contributed by atoms with E-state index >= 15 is 0 Å². The molecule has 4 aromatic carbocycles. The smallest absolute Gasteiger partial charge is 0.309 e. The summed E-state index contributed by atoms with van der Waals surface area (Å²) in [5.74, 6) is 0. The maximum Gasteiger partial charge on any atom is 0.323 e. The number of benzene rings is 4. The first-order chi connectivity index (χ1) is 16.9. The van der Waals surface area contributed by atoms with E-state index < -0.39 is 0 Å². The summed E-state index contributed by atoms with van der Waals surface area (Å²) in [7, 11) is 0. The van der Waals surface area contributed by atoms with Crippen LogP contribution in [0.4, 0.5) is 0 Å². The van der Waals surface area contributed by atoms with Crippen LogP contribution in [0.2, 0.25) is 0 Å². The van der Waals surface area contributed by atoms with Crippen molar-refractivity contribution in [2.24, 2.45) is 4.99 Å². The molecular formula is C31H22N3+. The standard InChI is InChI=1S/C31H22N3/c1-2-11-22(12-3-1)30-31(33-20-9-8-19-29(33)32-30)23-13-10-14-24(21-23)34-27-17-6-4-15-25(27)26-16-5-7-18-28(26)34/h1-21,30H/q+1. The average Bonchev–Trinajstić information content (AvgIpc) is 3.46. The maximum atomic E-state index is 5.09. The third-order valence-corrected chi connectivity index (χ3v) is 6.71. The summed E-state index contributed by atoms with van der Waals surface area (Å²) in [6.45, 7) is 0. The quantitative estimate of drug-likeness (QED) is 0.310. The first kappa shape index (κ1) is 19.0. The van der Waals surface area contributed by atoms with Crippen LogP contribution in [0.25, 0.3) is 27.5 Å². The highest BCUT2D eigenvalue weighted by Crippen LogP contribution is 2.34.